The van der Waals surface area contributed by atoms with Gasteiger partial charge in [0.05, 0.1) is 17.7 Å². The highest BCUT2D eigenvalue weighted by Gasteiger charge is 2.17. The molecule has 0 fully saturated rings. The van der Waals surface area contributed by atoms with Gasteiger partial charge in [-0.3, -0.25) is 10.1 Å². The molecule has 1 aromatic carbocycles. The quantitative estimate of drug-likeness (QED) is 0.825. The minimum absolute atomic E-state index is 0.0898. The Balaban J connectivity index is 2.89. The van der Waals surface area contributed by atoms with Gasteiger partial charge in [0.25, 0.3) is 5.91 Å². The second-order valence-electron chi connectivity index (χ2n) is 3.03. The van der Waals surface area contributed by atoms with Crippen molar-refractivity contribution in [1.29, 1.82) is 0 Å². The molecular weight excluding hydrogens is 226 g/mol. The number of nitrogens with one attached hydrogen (secondary N) is 1. The number of carbonyl (C=O) groups excluding carboxylic acids is 2. The van der Waals surface area contributed by atoms with Crippen LogP contribution < -0.4 is 5.32 Å². The van der Waals surface area contributed by atoms with Gasteiger partial charge in [-0.05, 0) is 19.1 Å². The van der Waals surface area contributed by atoms with Gasteiger partial charge in [0, 0.05) is 0 Å². The number of ether oxygens (including phenoxy) is 1. The van der Waals surface area contributed by atoms with Gasteiger partial charge in [-0.2, -0.15) is 0 Å². The van der Waals surface area contributed by atoms with E-state index in [2.05, 4.69) is 4.74 Å². The Bertz CT molecular complexity index is 455. The molecule has 6 nitrogen and oxygen atoms in total. The fraction of sp³-hybridized carbons (Fsp3) is 0.182. The summed E-state index contributed by atoms with van der Waals surface area (Å²) in [5, 5.41) is 10.8. The minimum Gasteiger partial charge on any atom is -0.478 e. The molecule has 0 saturated heterocycles. The lowest BCUT2D eigenvalue weighted by molar-refractivity contribution is 0.0689. The van der Waals surface area contributed by atoms with Crippen LogP contribution in [0, 0.1) is 0 Å². The van der Waals surface area contributed by atoms with Crippen molar-refractivity contribution in [1.82, 2.24) is 5.32 Å². The van der Waals surface area contributed by atoms with Gasteiger partial charge in [0.15, 0.2) is 0 Å². The molecular formula is C11H11NO5. The lowest BCUT2D eigenvalue weighted by Crippen LogP contribution is -2.32. The van der Waals surface area contributed by atoms with Crippen LogP contribution in [0.15, 0.2) is 24.3 Å². The molecule has 0 aromatic heterocycles. The van der Waals surface area contributed by atoms with E-state index in [-0.39, 0.29) is 17.7 Å². The molecule has 0 atom stereocenters. The van der Waals surface area contributed by atoms with Crippen molar-refractivity contribution in [2.45, 2.75) is 6.92 Å². The van der Waals surface area contributed by atoms with Crippen molar-refractivity contribution in [3.63, 3.8) is 0 Å². The molecule has 0 aliphatic rings. The van der Waals surface area contributed by atoms with Crippen molar-refractivity contribution >= 4 is 18.0 Å². The molecule has 0 aliphatic carbocycles. The molecule has 1 aromatic rings. The highest BCUT2D eigenvalue weighted by atomic mass is 16.5. The molecule has 0 saturated carbocycles. The van der Waals surface area contributed by atoms with E-state index >= 15 is 0 Å². The lowest BCUT2D eigenvalue weighted by atomic mass is 10.1. The summed E-state index contributed by atoms with van der Waals surface area (Å²) in [5.41, 5.74) is -0.262. The van der Waals surface area contributed by atoms with Crippen LogP contribution in [0.1, 0.15) is 27.6 Å². The molecule has 17 heavy (non-hydrogen) atoms. The van der Waals surface area contributed by atoms with Gasteiger partial charge < -0.3 is 9.84 Å². The maximum atomic E-state index is 11.6. The Morgan fingerprint density at radius 2 is 1.82 bits per heavy atom. The summed E-state index contributed by atoms with van der Waals surface area (Å²) in [4.78, 5) is 33.4. The van der Waals surface area contributed by atoms with Crippen LogP contribution in [0.4, 0.5) is 4.79 Å². The summed E-state index contributed by atoms with van der Waals surface area (Å²) in [6.07, 6.45) is -0.905. The molecule has 0 unspecified atom stereocenters. The van der Waals surface area contributed by atoms with E-state index in [0.717, 1.165) is 0 Å². The molecule has 0 bridgehead atoms. The van der Waals surface area contributed by atoms with Gasteiger partial charge in [0.1, 0.15) is 0 Å². The average molecular weight is 237 g/mol. The zero-order valence-electron chi connectivity index (χ0n) is 9.10. The number of hydrogen-bond acceptors (Lipinski definition) is 4. The number of rotatable bonds is 3. The Morgan fingerprint density at radius 1 is 1.24 bits per heavy atom. The van der Waals surface area contributed by atoms with E-state index < -0.39 is 18.0 Å². The SMILES string of the molecule is CCOC(=O)NC(=O)c1ccccc1C(=O)O. The second kappa shape index (κ2) is 5.64. The number of imide groups is 1. The summed E-state index contributed by atoms with van der Waals surface area (Å²) in [5.74, 6) is -2.04. The topological polar surface area (TPSA) is 92.7 Å². The average Bonchev–Trinajstić information content (AvgIpc) is 2.29. The molecule has 2 amide bonds. The first kappa shape index (κ1) is 12.7. The number of carboxylic acid groups (broad SMARTS) is 1. The summed E-state index contributed by atoms with van der Waals surface area (Å²) in [7, 11) is 0. The number of carbonyl (C=O) groups is 3. The third kappa shape index (κ3) is 3.30. The van der Waals surface area contributed by atoms with E-state index in [9.17, 15) is 14.4 Å². The smallest absolute Gasteiger partial charge is 0.414 e. The first-order chi connectivity index (χ1) is 8.06. The molecule has 2 N–H and O–H groups in total. The highest BCUT2D eigenvalue weighted by Crippen LogP contribution is 2.08. The van der Waals surface area contributed by atoms with Crippen molar-refractivity contribution in [3.8, 4) is 0 Å². The summed E-state index contributed by atoms with van der Waals surface area (Å²) in [6, 6.07) is 5.59. The Morgan fingerprint density at radius 3 is 2.35 bits per heavy atom. The molecule has 0 heterocycles. The number of carboxylic acids is 1. The fourth-order valence-corrected chi connectivity index (χ4v) is 1.19. The zero-order chi connectivity index (χ0) is 12.8. The first-order valence-corrected chi connectivity index (χ1v) is 4.86. The minimum atomic E-state index is -1.24. The molecule has 90 valence electrons. The summed E-state index contributed by atoms with van der Waals surface area (Å²) in [6.45, 7) is 1.72. The third-order valence-electron chi connectivity index (χ3n) is 1.89. The van der Waals surface area contributed by atoms with E-state index in [4.69, 9.17) is 5.11 Å². The van der Waals surface area contributed by atoms with E-state index in [1.54, 1.807) is 6.92 Å². The summed E-state index contributed by atoms with van der Waals surface area (Å²) < 4.78 is 4.52. The van der Waals surface area contributed by atoms with Crippen molar-refractivity contribution in [2.24, 2.45) is 0 Å². The summed E-state index contributed by atoms with van der Waals surface area (Å²) >= 11 is 0. The standard InChI is InChI=1S/C11H11NO5/c1-2-17-11(16)12-9(13)7-5-3-4-6-8(7)10(14)15/h3-6H,2H2,1H3,(H,14,15)(H,12,13,16). The van der Waals surface area contributed by atoms with E-state index in [0.29, 0.717) is 0 Å². The number of hydrogen-bond donors (Lipinski definition) is 2. The van der Waals surface area contributed by atoms with Crippen LogP contribution in [0.3, 0.4) is 0 Å². The third-order valence-corrected chi connectivity index (χ3v) is 1.89. The fourth-order valence-electron chi connectivity index (χ4n) is 1.19. The van der Waals surface area contributed by atoms with Gasteiger partial charge in [0.2, 0.25) is 0 Å². The predicted molar refractivity (Wildman–Crippen MR) is 57.9 cm³/mol. The number of alkyl carbamates (subject to hydrolysis) is 1. The van der Waals surface area contributed by atoms with Crippen LogP contribution in [0.25, 0.3) is 0 Å². The van der Waals surface area contributed by atoms with Crippen LogP contribution in [-0.4, -0.2) is 29.7 Å². The van der Waals surface area contributed by atoms with Gasteiger partial charge in [-0.25, -0.2) is 9.59 Å². The van der Waals surface area contributed by atoms with Crippen molar-refractivity contribution in [3.05, 3.63) is 35.4 Å². The van der Waals surface area contributed by atoms with Crippen molar-refractivity contribution < 1.29 is 24.2 Å². The van der Waals surface area contributed by atoms with Crippen LogP contribution >= 0.6 is 0 Å². The van der Waals surface area contributed by atoms with Crippen molar-refractivity contribution in [2.75, 3.05) is 6.61 Å². The Kier molecular flexibility index (Phi) is 4.21. The lowest BCUT2D eigenvalue weighted by Gasteiger charge is -2.06. The van der Waals surface area contributed by atoms with Gasteiger partial charge >= 0.3 is 12.1 Å². The second-order valence-corrected chi connectivity index (χ2v) is 3.03. The van der Waals surface area contributed by atoms with Crippen LogP contribution in [0.5, 0.6) is 0 Å². The normalized spacial score (nSPS) is 9.47. The molecule has 6 heteroatoms. The molecule has 0 aliphatic heterocycles. The van der Waals surface area contributed by atoms with E-state index in [1.807, 2.05) is 5.32 Å². The van der Waals surface area contributed by atoms with Gasteiger partial charge in [-0.15, -0.1) is 0 Å². The van der Waals surface area contributed by atoms with Crippen LogP contribution in [0.2, 0.25) is 0 Å². The Labute approximate surface area is 97.2 Å². The number of aromatic carboxylic acids is 1. The molecule has 1 rings (SSSR count). The maximum absolute atomic E-state index is 11.6. The van der Waals surface area contributed by atoms with Gasteiger partial charge in [-0.1, -0.05) is 12.1 Å². The van der Waals surface area contributed by atoms with E-state index in [1.165, 1.54) is 24.3 Å². The maximum Gasteiger partial charge on any atom is 0.414 e. The monoisotopic (exact) mass is 237 g/mol. The first-order valence-electron chi connectivity index (χ1n) is 4.86. The Hall–Kier alpha value is -2.37. The predicted octanol–water partition coefficient (Wildman–Crippen LogP) is 1.27. The molecule has 0 radical (unpaired) electrons. The zero-order valence-corrected chi connectivity index (χ0v) is 9.10. The highest BCUT2D eigenvalue weighted by molar-refractivity contribution is 6.09. The number of amides is 2. The number of benzene rings is 1. The largest absolute Gasteiger partial charge is 0.478 e. The molecule has 0 spiro atoms. The van der Waals surface area contributed by atoms with Crippen LogP contribution in [-0.2, 0) is 4.74 Å².